The van der Waals surface area contributed by atoms with Crippen LogP contribution in [-0.2, 0) is 4.79 Å². The zero-order valence-electron chi connectivity index (χ0n) is 10.6. The fraction of sp³-hybridized carbons (Fsp3) is 0.583. The molecule has 1 atom stereocenters. The number of carbonyl (C=O) groups excluding carboxylic acids is 1. The van der Waals surface area contributed by atoms with E-state index in [4.69, 9.17) is 5.73 Å². The highest BCUT2D eigenvalue weighted by Gasteiger charge is 2.41. The molecule has 3 N–H and O–H groups in total. The van der Waals surface area contributed by atoms with Crippen LogP contribution in [0.5, 0.6) is 0 Å². The average molecular weight is 332 g/mol. The lowest BCUT2D eigenvalue weighted by atomic mass is 9.96. The Hall–Kier alpha value is -0.430. The highest BCUT2D eigenvalue weighted by molar-refractivity contribution is 9.10. The molecule has 2 heterocycles. The molecule has 1 amide bonds. The molecule has 0 aliphatic carbocycles. The number of hydrogen-bond acceptors (Lipinski definition) is 4. The molecular weight excluding hydrogens is 314 g/mol. The van der Waals surface area contributed by atoms with Crippen molar-refractivity contribution in [1.29, 1.82) is 0 Å². The van der Waals surface area contributed by atoms with E-state index >= 15 is 0 Å². The number of piperazine rings is 1. The number of halogens is 1. The van der Waals surface area contributed by atoms with Crippen molar-refractivity contribution in [2.75, 3.05) is 19.6 Å². The molecule has 6 heteroatoms. The topological polar surface area (TPSA) is 58.4 Å². The first-order valence-electron chi connectivity index (χ1n) is 5.96. The van der Waals surface area contributed by atoms with Gasteiger partial charge in [-0.1, -0.05) is 0 Å². The monoisotopic (exact) mass is 331 g/mol. The van der Waals surface area contributed by atoms with E-state index in [-0.39, 0.29) is 11.9 Å². The van der Waals surface area contributed by atoms with Crippen LogP contribution in [-0.4, -0.2) is 36.0 Å². The number of hydrogen-bond donors (Lipinski definition) is 2. The third-order valence-corrected chi connectivity index (χ3v) is 5.22. The molecule has 1 aliphatic rings. The predicted molar refractivity (Wildman–Crippen MR) is 77.6 cm³/mol. The van der Waals surface area contributed by atoms with Crippen LogP contribution in [0.1, 0.15) is 24.8 Å². The van der Waals surface area contributed by atoms with E-state index in [0.29, 0.717) is 13.1 Å². The Morgan fingerprint density at radius 1 is 1.67 bits per heavy atom. The van der Waals surface area contributed by atoms with Crippen molar-refractivity contribution in [2.24, 2.45) is 5.73 Å². The van der Waals surface area contributed by atoms with Crippen LogP contribution in [0.3, 0.4) is 0 Å². The van der Waals surface area contributed by atoms with Gasteiger partial charge in [0.15, 0.2) is 0 Å². The van der Waals surface area contributed by atoms with Gasteiger partial charge in [0.2, 0.25) is 5.91 Å². The Bertz CT molecular complexity index is 446. The van der Waals surface area contributed by atoms with Gasteiger partial charge in [-0.25, -0.2) is 0 Å². The molecule has 100 valence electrons. The average Bonchev–Trinajstić information content (AvgIpc) is 2.72. The number of carbonyl (C=O) groups is 1. The smallest absolute Gasteiger partial charge is 0.240 e. The minimum atomic E-state index is -0.515. The van der Waals surface area contributed by atoms with Crippen molar-refractivity contribution < 1.29 is 4.79 Å². The number of nitrogens with two attached hydrogens (primary N) is 1. The second-order valence-corrected chi connectivity index (χ2v) is 6.79. The number of amides is 1. The fourth-order valence-electron chi connectivity index (χ4n) is 2.36. The molecule has 0 spiro atoms. The van der Waals surface area contributed by atoms with Crippen LogP contribution < -0.4 is 11.1 Å². The SMILES string of the molecule is CC1(C)C(=O)NCCN1C(CN)c1cc(Br)cs1. The minimum absolute atomic E-state index is 0.0721. The lowest BCUT2D eigenvalue weighted by Crippen LogP contribution is -2.63. The molecule has 18 heavy (non-hydrogen) atoms. The minimum Gasteiger partial charge on any atom is -0.353 e. The summed E-state index contributed by atoms with van der Waals surface area (Å²) in [4.78, 5) is 15.4. The van der Waals surface area contributed by atoms with Crippen LogP contribution >= 0.6 is 27.3 Å². The van der Waals surface area contributed by atoms with Gasteiger partial charge >= 0.3 is 0 Å². The Kier molecular flexibility index (Phi) is 4.11. The maximum atomic E-state index is 12.0. The summed E-state index contributed by atoms with van der Waals surface area (Å²) in [5.41, 5.74) is 5.41. The summed E-state index contributed by atoms with van der Waals surface area (Å²) in [5.74, 6) is 0.0721. The zero-order valence-corrected chi connectivity index (χ0v) is 13.0. The molecule has 2 rings (SSSR count). The van der Waals surface area contributed by atoms with Crippen molar-refractivity contribution in [3.63, 3.8) is 0 Å². The number of thiophene rings is 1. The molecule has 0 radical (unpaired) electrons. The maximum absolute atomic E-state index is 12.0. The Morgan fingerprint density at radius 3 is 2.94 bits per heavy atom. The second-order valence-electron chi connectivity index (χ2n) is 4.93. The maximum Gasteiger partial charge on any atom is 0.240 e. The van der Waals surface area contributed by atoms with E-state index < -0.39 is 5.54 Å². The molecule has 1 aromatic rings. The molecular formula is C12H18BrN3OS. The number of nitrogens with zero attached hydrogens (tertiary/aromatic N) is 1. The summed E-state index contributed by atoms with van der Waals surface area (Å²) < 4.78 is 1.07. The molecule has 1 aliphatic heterocycles. The molecule has 1 saturated heterocycles. The van der Waals surface area contributed by atoms with Gasteiger partial charge in [-0.15, -0.1) is 11.3 Å². The first-order valence-corrected chi connectivity index (χ1v) is 7.63. The lowest BCUT2D eigenvalue weighted by Gasteiger charge is -2.45. The summed E-state index contributed by atoms with van der Waals surface area (Å²) in [6, 6.07) is 2.19. The molecule has 1 unspecified atom stereocenters. The van der Waals surface area contributed by atoms with Crippen molar-refractivity contribution in [3.8, 4) is 0 Å². The zero-order chi connectivity index (χ0) is 13.3. The van der Waals surface area contributed by atoms with Gasteiger partial charge in [-0.2, -0.15) is 0 Å². The standard InChI is InChI=1S/C12H18BrN3OS/c1-12(2)11(17)15-3-4-16(12)9(6-14)10-5-8(13)7-18-10/h5,7,9H,3-4,6,14H2,1-2H3,(H,15,17). The normalized spacial score (nSPS) is 21.7. The van der Waals surface area contributed by atoms with Gasteiger partial charge in [0.05, 0.1) is 11.6 Å². The highest BCUT2D eigenvalue weighted by Crippen LogP contribution is 2.33. The Balaban J connectivity index is 2.29. The van der Waals surface area contributed by atoms with Crippen molar-refractivity contribution in [2.45, 2.75) is 25.4 Å². The molecule has 1 aromatic heterocycles. The van der Waals surface area contributed by atoms with Gasteiger partial charge in [-0.05, 0) is 35.8 Å². The van der Waals surface area contributed by atoms with Gasteiger partial charge < -0.3 is 11.1 Å². The van der Waals surface area contributed by atoms with Crippen LogP contribution in [0.25, 0.3) is 0 Å². The molecule has 0 bridgehead atoms. The quantitative estimate of drug-likeness (QED) is 0.886. The van der Waals surface area contributed by atoms with Crippen LogP contribution in [0, 0.1) is 0 Å². The predicted octanol–water partition coefficient (Wildman–Crippen LogP) is 1.72. The summed E-state index contributed by atoms with van der Waals surface area (Å²) in [6.07, 6.45) is 0. The molecule has 1 fully saturated rings. The van der Waals surface area contributed by atoms with E-state index in [1.165, 1.54) is 4.88 Å². The summed E-state index contributed by atoms with van der Waals surface area (Å²) in [6.45, 7) is 5.94. The van der Waals surface area contributed by atoms with Crippen molar-refractivity contribution in [1.82, 2.24) is 10.2 Å². The van der Waals surface area contributed by atoms with Crippen LogP contribution in [0.2, 0.25) is 0 Å². The first kappa shape index (κ1) is 14.0. The van der Waals surface area contributed by atoms with Crippen molar-refractivity contribution >= 4 is 33.2 Å². The first-order chi connectivity index (χ1) is 8.46. The molecule has 0 saturated carbocycles. The third kappa shape index (κ3) is 2.47. The third-order valence-electron chi connectivity index (χ3n) is 3.43. The van der Waals surface area contributed by atoms with Gasteiger partial charge in [-0.3, -0.25) is 9.69 Å². The Labute approximate surface area is 120 Å². The summed E-state index contributed by atoms with van der Waals surface area (Å²) >= 11 is 5.14. The summed E-state index contributed by atoms with van der Waals surface area (Å²) in [7, 11) is 0. The van der Waals surface area contributed by atoms with E-state index in [2.05, 4.69) is 37.6 Å². The lowest BCUT2D eigenvalue weighted by molar-refractivity contribution is -0.137. The van der Waals surface area contributed by atoms with Crippen LogP contribution in [0.15, 0.2) is 15.9 Å². The summed E-state index contributed by atoms with van der Waals surface area (Å²) in [5, 5.41) is 4.96. The Morgan fingerprint density at radius 2 is 2.39 bits per heavy atom. The van der Waals surface area contributed by atoms with E-state index in [9.17, 15) is 4.79 Å². The molecule has 4 nitrogen and oxygen atoms in total. The van der Waals surface area contributed by atoms with Crippen LogP contribution in [0.4, 0.5) is 0 Å². The highest BCUT2D eigenvalue weighted by atomic mass is 79.9. The fourth-order valence-corrected chi connectivity index (χ4v) is 3.93. The largest absolute Gasteiger partial charge is 0.353 e. The van der Waals surface area contributed by atoms with E-state index in [0.717, 1.165) is 11.0 Å². The van der Waals surface area contributed by atoms with E-state index in [1.807, 2.05) is 13.8 Å². The molecule has 0 aromatic carbocycles. The second kappa shape index (κ2) is 5.28. The van der Waals surface area contributed by atoms with Gasteiger partial charge in [0, 0.05) is 34.4 Å². The van der Waals surface area contributed by atoms with E-state index in [1.54, 1.807) is 11.3 Å². The van der Waals surface area contributed by atoms with Gasteiger partial charge in [0.25, 0.3) is 0 Å². The van der Waals surface area contributed by atoms with Crippen molar-refractivity contribution in [3.05, 3.63) is 20.8 Å². The number of rotatable bonds is 3. The number of nitrogens with one attached hydrogen (secondary N) is 1. The van der Waals surface area contributed by atoms with Gasteiger partial charge in [0.1, 0.15) is 0 Å².